The minimum absolute atomic E-state index is 0.168. The van der Waals surface area contributed by atoms with Crippen LogP contribution in [-0.4, -0.2) is 86.6 Å². The predicted molar refractivity (Wildman–Crippen MR) is 125 cm³/mol. The van der Waals surface area contributed by atoms with Crippen molar-refractivity contribution in [1.82, 2.24) is 14.7 Å². The van der Waals surface area contributed by atoms with Crippen molar-refractivity contribution in [2.24, 2.45) is 0 Å². The fraction of sp³-hybridized carbons (Fsp3) is 0.480. The fourth-order valence-corrected chi connectivity index (χ4v) is 4.47. The number of nitrogens with zero attached hydrogens (tertiary/aromatic N) is 4. The lowest BCUT2D eigenvalue weighted by Crippen LogP contribution is -2.48. The van der Waals surface area contributed by atoms with Gasteiger partial charge in [0.15, 0.2) is 0 Å². The number of carbonyl (C=O) groups excluding carboxylic acids is 1. The first-order valence-electron chi connectivity index (χ1n) is 11.4. The van der Waals surface area contributed by atoms with Gasteiger partial charge in [0.2, 0.25) is 0 Å². The highest BCUT2D eigenvalue weighted by Crippen LogP contribution is 2.21. The molecule has 0 atom stereocenters. The maximum atomic E-state index is 13.0. The summed E-state index contributed by atoms with van der Waals surface area (Å²) in [4.78, 5) is 22.3. The number of rotatable bonds is 6. The summed E-state index contributed by atoms with van der Waals surface area (Å²) >= 11 is 0. The van der Waals surface area contributed by atoms with E-state index in [1.807, 2.05) is 29.2 Å². The fourth-order valence-electron chi connectivity index (χ4n) is 4.47. The van der Waals surface area contributed by atoms with Gasteiger partial charge < -0.3 is 19.4 Å². The predicted octanol–water partition coefficient (Wildman–Crippen LogP) is 2.80. The Morgan fingerprint density at radius 2 is 1.55 bits per heavy atom. The number of benzene rings is 2. The van der Waals surface area contributed by atoms with Gasteiger partial charge in [0, 0.05) is 70.2 Å². The normalized spacial score (nSPS) is 18.3. The number of carbonyl (C=O) groups is 1. The van der Waals surface area contributed by atoms with E-state index in [9.17, 15) is 4.79 Å². The van der Waals surface area contributed by atoms with Crippen molar-refractivity contribution >= 4 is 11.6 Å². The summed E-state index contributed by atoms with van der Waals surface area (Å²) in [6, 6.07) is 16.5. The average Bonchev–Trinajstić information content (AvgIpc) is 2.84. The average molecular weight is 423 g/mol. The van der Waals surface area contributed by atoms with E-state index in [1.165, 1.54) is 11.3 Å². The summed E-state index contributed by atoms with van der Waals surface area (Å²) in [5.41, 5.74) is 3.28. The number of ether oxygens (including phenoxy) is 1. The maximum Gasteiger partial charge on any atom is 0.253 e. The van der Waals surface area contributed by atoms with Crippen LogP contribution in [0.25, 0.3) is 0 Å². The molecule has 6 heteroatoms. The zero-order valence-corrected chi connectivity index (χ0v) is 18.8. The summed E-state index contributed by atoms with van der Waals surface area (Å²) in [6.45, 7) is 11.8. The zero-order chi connectivity index (χ0) is 21.6. The minimum Gasteiger partial charge on any atom is -0.497 e. The van der Waals surface area contributed by atoms with Crippen molar-refractivity contribution < 1.29 is 9.53 Å². The molecule has 2 aliphatic heterocycles. The first-order valence-corrected chi connectivity index (χ1v) is 11.4. The molecule has 2 aromatic carbocycles. The monoisotopic (exact) mass is 422 g/mol. The third-order valence-corrected chi connectivity index (χ3v) is 6.50. The van der Waals surface area contributed by atoms with Crippen LogP contribution in [0.1, 0.15) is 22.8 Å². The van der Waals surface area contributed by atoms with Gasteiger partial charge in [-0.1, -0.05) is 19.1 Å². The molecule has 2 aromatic rings. The number of hydrogen-bond donors (Lipinski definition) is 0. The van der Waals surface area contributed by atoms with Crippen LogP contribution in [-0.2, 0) is 6.54 Å². The number of methoxy groups -OCH3 is 1. The summed E-state index contributed by atoms with van der Waals surface area (Å²) in [5, 5.41) is 0. The van der Waals surface area contributed by atoms with E-state index in [4.69, 9.17) is 4.74 Å². The number of hydrogen-bond acceptors (Lipinski definition) is 5. The smallest absolute Gasteiger partial charge is 0.253 e. The van der Waals surface area contributed by atoms with E-state index in [0.717, 1.165) is 76.8 Å². The molecule has 4 rings (SSSR count). The quantitative estimate of drug-likeness (QED) is 0.716. The first kappa shape index (κ1) is 21.7. The van der Waals surface area contributed by atoms with Gasteiger partial charge in [0.1, 0.15) is 5.75 Å². The lowest BCUT2D eigenvalue weighted by Gasteiger charge is -2.36. The summed E-state index contributed by atoms with van der Waals surface area (Å²) in [6.07, 6.45) is 0. The molecule has 2 fully saturated rings. The molecule has 2 aliphatic rings. The van der Waals surface area contributed by atoms with Crippen LogP contribution in [0.2, 0.25) is 0 Å². The van der Waals surface area contributed by atoms with Gasteiger partial charge in [-0.25, -0.2) is 0 Å². The molecule has 0 radical (unpaired) electrons. The Labute approximate surface area is 186 Å². The Kier molecular flexibility index (Phi) is 7.10. The molecule has 0 aromatic heterocycles. The van der Waals surface area contributed by atoms with Crippen molar-refractivity contribution in [2.45, 2.75) is 13.5 Å². The molecule has 0 unspecified atom stereocenters. The molecule has 0 N–H and O–H groups in total. The summed E-state index contributed by atoms with van der Waals surface area (Å²) in [5.74, 6) is 1.06. The molecule has 0 saturated carbocycles. The molecule has 6 nitrogen and oxygen atoms in total. The molecule has 0 aliphatic carbocycles. The van der Waals surface area contributed by atoms with Crippen molar-refractivity contribution in [3.8, 4) is 5.75 Å². The molecule has 0 spiro atoms. The van der Waals surface area contributed by atoms with Crippen molar-refractivity contribution in [1.29, 1.82) is 0 Å². The van der Waals surface area contributed by atoms with Crippen LogP contribution in [0, 0.1) is 0 Å². The second-order valence-electron chi connectivity index (χ2n) is 8.39. The van der Waals surface area contributed by atoms with Crippen LogP contribution in [0.3, 0.4) is 0 Å². The van der Waals surface area contributed by atoms with E-state index in [0.29, 0.717) is 0 Å². The van der Waals surface area contributed by atoms with Crippen molar-refractivity contribution in [2.75, 3.05) is 70.9 Å². The van der Waals surface area contributed by atoms with Gasteiger partial charge in [0.25, 0.3) is 5.91 Å². The molecule has 31 heavy (non-hydrogen) atoms. The van der Waals surface area contributed by atoms with Gasteiger partial charge in [-0.15, -0.1) is 0 Å². The molecule has 0 bridgehead atoms. The Bertz CT molecular complexity index is 854. The number of likely N-dealkylation sites (N-methyl/N-ethyl adjacent to an activating group) is 1. The van der Waals surface area contributed by atoms with Gasteiger partial charge >= 0.3 is 0 Å². The first-order chi connectivity index (χ1) is 15.2. The van der Waals surface area contributed by atoms with Gasteiger partial charge in [-0.2, -0.15) is 0 Å². The van der Waals surface area contributed by atoms with E-state index >= 15 is 0 Å². The zero-order valence-electron chi connectivity index (χ0n) is 18.8. The van der Waals surface area contributed by atoms with Crippen LogP contribution in [0.15, 0.2) is 48.5 Å². The molecular weight excluding hydrogens is 388 g/mol. The van der Waals surface area contributed by atoms with E-state index < -0.39 is 0 Å². The van der Waals surface area contributed by atoms with Crippen LogP contribution in [0.4, 0.5) is 5.69 Å². The van der Waals surface area contributed by atoms with E-state index in [1.54, 1.807) is 7.11 Å². The maximum absolute atomic E-state index is 13.0. The molecule has 1 amide bonds. The summed E-state index contributed by atoms with van der Waals surface area (Å²) in [7, 11) is 1.70. The highest BCUT2D eigenvalue weighted by molar-refractivity contribution is 5.94. The Hall–Kier alpha value is -2.57. The third kappa shape index (κ3) is 5.38. The van der Waals surface area contributed by atoms with Gasteiger partial charge in [-0.3, -0.25) is 9.69 Å². The van der Waals surface area contributed by atoms with Gasteiger partial charge in [-0.05, 0) is 48.5 Å². The Morgan fingerprint density at radius 3 is 2.19 bits per heavy atom. The second kappa shape index (κ2) is 10.2. The van der Waals surface area contributed by atoms with E-state index in [-0.39, 0.29) is 5.91 Å². The summed E-state index contributed by atoms with van der Waals surface area (Å²) < 4.78 is 5.26. The molecule has 2 heterocycles. The van der Waals surface area contributed by atoms with Gasteiger partial charge in [0.05, 0.1) is 7.11 Å². The number of amides is 1. The standard InChI is InChI=1S/C25H34N4O2/c1-3-26-11-17-29(18-12-26)25(30)22-6-4-5-21(19-22)20-27-13-15-28(16-14-27)23-7-9-24(31-2)10-8-23/h4-10,19H,3,11-18,20H2,1-2H3. The number of anilines is 1. The topological polar surface area (TPSA) is 39.3 Å². The highest BCUT2D eigenvalue weighted by Gasteiger charge is 2.22. The van der Waals surface area contributed by atoms with Crippen LogP contribution >= 0.6 is 0 Å². The van der Waals surface area contributed by atoms with Crippen molar-refractivity contribution in [3.63, 3.8) is 0 Å². The second-order valence-corrected chi connectivity index (χ2v) is 8.39. The minimum atomic E-state index is 0.168. The van der Waals surface area contributed by atoms with Crippen molar-refractivity contribution in [3.05, 3.63) is 59.7 Å². The Morgan fingerprint density at radius 1 is 0.871 bits per heavy atom. The SMILES string of the molecule is CCN1CCN(C(=O)c2cccc(CN3CCN(c4ccc(OC)cc4)CC3)c2)CC1. The molecular formula is C25H34N4O2. The Balaban J connectivity index is 1.30. The lowest BCUT2D eigenvalue weighted by atomic mass is 10.1. The molecule has 2 saturated heterocycles. The molecule has 166 valence electrons. The van der Waals surface area contributed by atoms with Crippen LogP contribution in [0.5, 0.6) is 5.75 Å². The largest absolute Gasteiger partial charge is 0.497 e. The van der Waals surface area contributed by atoms with Crippen LogP contribution < -0.4 is 9.64 Å². The lowest BCUT2D eigenvalue weighted by molar-refractivity contribution is 0.0643. The highest BCUT2D eigenvalue weighted by atomic mass is 16.5. The third-order valence-electron chi connectivity index (χ3n) is 6.50. The van der Waals surface area contributed by atoms with E-state index in [2.05, 4.69) is 45.9 Å². The number of piperazine rings is 2.